The molecule has 6 rings (SSSR count). The van der Waals surface area contributed by atoms with Gasteiger partial charge in [0.05, 0.1) is 23.2 Å². The first kappa shape index (κ1) is 30.6. The minimum atomic E-state index is -4.43. The number of amides is 1. The van der Waals surface area contributed by atoms with E-state index in [0.717, 1.165) is 73.7 Å². The van der Waals surface area contributed by atoms with E-state index in [1.54, 1.807) is 0 Å². The normalized spacial score (nSPS) is 20.7. The molecule has 13 heteroatoms. The van der Waals surface area contributed by atoms with Crippen molar-refractivity contribution >= 4 is 27.3 Å². The molecule has 2 aromatic rings. The molecule has 0 saturated carbocycles. The molecule has 0 aliphatic carbocycles. The molecule has 2 aromatic carbocycles. The van der Waals surface area contributed by atoms with Gasteiger partial charge in [-0.3, -0.25) is 9.80 Å². The van der Waals surface area contributed by atoms with Crippen LogP contribution in [0.3, 0.4) is 0 Å². The average Bonchev–Trinajstić information content (AvgIpc) is 3.00. The topological polar surface area (TPSA) is 85.8 Å². The van der Waals surface area contributed by atoms with Gasteiger partial charge in [-0.2, -0.15) is 22.6 Å². The monoisotopic (exact) mass is 631 g/mol. The number of hydrazone groups is 1. The van der Waals surface area contributed by atoms with Crippen molar-refractivity contribution in [2.75, 3.05) is 57.0 Å². The van der Waals surface area contributed by atoms with E-state index in [1.165, 1.54) is 22.7 Å². The Morgan fingerprint density at radius 2 is 1.73 bits per heavy atom. The molecule has 1 fully saturated rings. The number of fused-ring (bicyclic) bond motifs is 1. The fraction of sp³-hybridized carbons (Fsp3) is 0.484. The Morgan fingerprint density at radius 3 is 2.43 bits per heavy atom. The van der Waals surface area contributed by atoms with E-state index in [0.29, 0.717) is 37.2 Å². The molecule has 0 unspecified atom stereocenters. The number of piperidine rings is 1. The Hall–Kier alpha value is -3.42. The minimum Gasteiger partial charge on any atom is -0.482 e. The second-order valence-corrected chi connectivity index (χ2v) is 13.7. The summed E-state index contributed by atoms with van der Waals surface area (Å²) in [5, 5.41) is 6.80. The number of sulfonamides is 1. The first-order valence-electron chi connectivity index (χ1n) is 14.9. The Morgan fingerprint density at radius 1 is 1.00 bits per heavy atom. The fourth-order valence-corrected chi connectivity index (χ4v) is 7.36. The first-order valence-corrected chi connectivity index (χ1v) is 16.8. The zero-order chi connectivity index (χ0) is 31.1. The summed E-state index contributed by atoms with van der Waals surface area (Å²) in [6.45, 7) is 3.83. The lowest BCUT2D eigenvalue weighted by molar-refractivity contribution is -0.137. The molecule has 4 aliphatic rings. The number of hydrogen-bond acceptors (Lipinski definition) is 7. The van der Waals surface area contributed by atoms with Crippen LogP contribution in [0.2, 0.25) is 0 Å². The van der Waals surface area contributed by atoms with Gasteiger partial charge in [0.1, 0.15) is 5.75 Å². The third-order valence-electron chi connectivity index (χ3n) is 8.83. The van der Waals surface area contributed by atoms with Gasteiger partial charge in [-0.05, 0) is 61.2 Å². The number of para-hydroxylation sites is 2. The molecular weight excluding hydrogens is 595 g/mol. The quantitative estimate of drug-likeness (QED) is 0.453. The van der Waals surface area contributed by atoms with E-state index in [-0.39, 0.29) is 25.1 Å². The van der Waals surface area contributed by atoms with Gasteiger partial charge in [0, 0.05) is 57.3 Å². The lowest BCUT2D eigenvalue weighted by Gasteiger charge is -2.41. The van der Waals surface area contributed by atoms with E-state index < -0.39 is 21.8 Å². The zero-order valence-electron chi connectivity index (χ0n) is 24.6. The molecule has 0 radical (unpaired) electrons. The van der Waals surface area contributed by atoms with Gasteiger partial charge in [-0.15, -0.1) is 0 Å². The fourth-order valence-electron chi connectivity index (χ4n) is 6.55. The van der Waals surface area contributed by atoms with Gasteiger partial charge in [-0.1, -0.05) is 24.3 Å². The molecule has 0 N–H and O–H groups in total. The van der Waals surface area contributed by atoms with Crippen LogP contribution in [0, 0.1) is 0 Å². The van der Waals surface area contributed by atoms with E-state index in [2.05, 4.69) is 4.90 Å². The molecule has 9 nitrogen and oxygen atoms in total. The summed E-state index contributed by atoms with van der Waals surface area (Å²) in [7, 11) is -3.38. The minimum absolute atomic E-state index is 0.0139. The Labute approximate surface area is 255 Å². The maximum atomic E-state index is 13.2. The molecule has 0 atom stereocenters. The molecule has 1 saturated heterocycles. The van der Waals surface area contributed by atoms with Gasteiger partial charge < -0.3 is 14.5 Å². The van der Waals surface area contributed by atoms with Crippen LogP contribution in [0.4, 0.5) is 18.9 Å². The molecule has 0 bridgehead atoms. The highest BCUT2D eigenvalue weighted by Crippen LogP contribution is 2.36. The number of halogens is 3. The van der Waals surface area contributed by atoms with Crippen LogP contribution in [0.15, 0.2) is 64.9 Å². The molecule has 0 spiro atoms. The van der Waals surface area contributed by atoms with E-state index in [4.69, 9.17) is 9.84 Å². The van der Waals surface area contributed by atoms with Crippen LogP contribution in [-0.2, 0) is 21.0 Å². The number of carbonyl (C=O) groups excluding carboxylic acids is 1. The summed E-state index contributed by atoms with van der Waals surface area (Å²) in [4.78, 5) is 17.0. The highest BCUT2D eigenvalue weighted by Gasteiger charge is 2.35. The van der Waals surface area contributed by atoms with Gasteiger partial charge in [0.25, 0.3) is 5.91 Å². The van der Waals surface area contributed by atoms with Crippen molar-refractivity contribution in [2.45, 2.75) is 44.3 Å². The maximum Gasteiger partial charge on any atom is 0.416 e. The summed E-state index contributed by atoms with van der Waals surface area (Å²) in [6.07, 6.45) is 0.214. The largest absolute Gasteiger partial charge is 0.482 e. The maximum absolute atomic E-state index is 13.2. The van der Waals surface area contributed by atoms with Crippen LogP contribution in [0.5, 0.6) is 5.75 Å². The van der Waals surface area contributed by atoms with Crippen molar-refractivity contribution in [2.24, 2.45) is 5.10 Å². The van der Waals surface area contributed by atoms with Crippen molar-refractivity contribution in [3.05, 3.63) is 70.9 Å². The molecule has 4 aliphatic heterocycles. The number of nitrogens with zero attached hydrogens (tertiary/aromatic N) is 5. The molecule has 1 amide bonds. The second kappa shape index (κ2) is 12.2. The average molecular weight is 632 g/mol. The highest BCUT2D eigenvalue weighted by atomic mass is 32.2. The van der Waals surface area contributed by atoms with Crippen LogP contribution < -0.4 is 9.64 Å². The van der Waals surface area contributed by atoms with Crippen molar-refractivity contribution in [3.8, 4) is 5.75 Å². The smallest absolute Gasteiger partial charge is 0.416 e. The molecule has 0 aromatic heterocycles. The predicted molar refractivity (Wildman–Crippen MR) is 161 cm³/mol. The molecule has 236 valence electrons. The van der Waals surface area contributed by atoms with Crippen molar-refractivity contribution in [3.63, 3.8) is 0 Å². The van der Waals surface area contributed by atoms with E-state index in [9.17, 15) is 26.4 Å². The standard InChI is InChI=1S/C31H36F3N5O4S/c1-44(41,42)37-18-13-27-23(20-37)19-26(22-7-9-24(10-8-22)31(32,33)34)35-38(27)15-4-14-36-16-11-25(12-17-36)39-28-5-2-3-6-29(28)43-21-30(39)40/h2-3,5-10,25H,4,11-21H2,1H3. The summed E-state index contributed by atoms with van der Waals surface area (Å²) in [5.74, 6) is 0.725. The Bertz CT molecular complexity index is 1570. The first-order chi connectivity index (χ1) is 21.0. The number of carbonyl (C=O) groups is 1. The number of hydrogen-bond donors (Lipinski definition) is 0. The predicted octanol–water partition coefficient (Wildman–Crippen LogP) is 4.31. The lowest BCUT2D eigenvalue weighted by Crippen LogP contribution is -2.50. The summed E-state index contributed by atoms with van der Waals surface area (Å²) in [5.41, 5.74) is 3.27. The van der Waals surface area contributed by atoms with Gasteiger partial charge >= 0.3 is 6.18 Å². The van der Waals surface area contributed by atoms with Crippen LogP contribution in [0.25, 0.3) is 0 Å². The zero-order valence-corrected chi connectivity index (χ0v) is 25.4. The van der Waals surface area contributed by atoms with Crippen LogP contribution in [0.1, 0.15) is 43.2 Å². The SMILES string of the molecule is CS(=O)(=O)N1CCC2=C(CC(c3ccc(C(F)(F)F)cc3)=NN2CCCN2CCC(N3C(=O)COc4ccccc43)CC2)C1. The number of rotatable bonds is 7. The van der Waals surface area contributed by atoms with E-state index in [1.807, 2.05) is 34.2 Å². The van der Waals surface area contributed by atoms with Crippen LogP contribution in [-0.4, -0.2) is 92.4 Å². The number of anilines is 1. The second-order valence-electron chi connectivity index (χ2n) is 11.8. The number of ether oxygens (including phenoxy) is 1. The summed E-state index contributed by atoms with van der Waals surface area (Å²) < 4.78 is 71.1. The highest BCUT2D eigenvalue weighted by molar-refractivity contribution is 7.88. The molecule has 4 heterocycles. The van der Waals surface area contributed by atoms with Crippen molar-refractivity contribution in [1.82, 2.24) is 14.2 Å². The summed E-state index contributed by atoms with van der Waals surface area (Å²) in [6, 6.07) is 12.7. The van der Waals surface area contributed by atoms with Gasteiger partial charge in [0.2, 0.25) is 10.0 Å². The molecule has 44 heavy (non-hydrogen) atoms. The van der Waals surface area contributed by atoms with Gasteiger partial charge in [0.15, 0.2) is 6.61 Å². The number of likely N-dealkylation sites (tertiary alicyclic amines) is 1. The van der Waals surface area contributed by atoms with Crippen molar-refractivity contribution < 1.29 is 31.1 Å². The van der Waals surface area contributed by atoms with Crippen molar-refractivity contribution in [1.29, 1.82) is 0 Å². The molecular formula is C31H36F3N5O4S. The third kappa shape index (κ3) is 6.50. The third-order valence-corrected chi connectivity index (χ3v) is 10.1. The number of benzene rings is 2. The lowest BCUT2D eigenvalue weighted by atomic mass is 9.95. The van der Waals surface area contributed by atoms with E-state index >= 15 is 0 Å². The number of alkyl halides is 3. The summed E-state index contributed by atoms with van der Waals surface area (Å²) >= 11 is 0. The van der Waals surface area contributed by atoms with Crippen LogP contribution >= 0.6 is 0 Å². The van der Waals surface area contributed by atoms with Gasteiger partial charge in [-0.25, -0.2) is 8.42 Å². The Balaban J connectivity index is 1.11. The Kier molecular flexibility index (Phi) is 8.46.